The van der Waals surface area contributed by atoms with Gasteiger partial charge in [0.2, 0.25) is 0 Å². The van der Waals surface area contributed by atoms with E-state index >= 15 is 0 Å². The third-order valence-corrected chi connectivity index (χ3v) is 4.04. The molecule has 1 aromatic heterocycles. The van der Waals surface area contributed by atoms with Crippen molar-refractivity contribution in [3.05, 3.63) is 62.9 Å². The second kappa shape index (κ2) is 6.45. The molecule has 0 atom stereocenters. The van der Waals surface area contributed by atoms with Crippen molar-refractivity contribution in [2.24, 2.45) is 5.92 Å². The average molecular weight is 322 g/mol. The summed E-state index contributed by atoms with van der Waals surface area (Å²) in [5, 5.41) is 0. The summed E-state index contributed by atoms with van der Waals surface area (Å²) in [6.07, 6.45) is 4.59. The van der Waals surface area contributed by atoms with Crippen LogP contribution in [0.15, 0.2) is 40.2 Å². The number of hydrogen-bond donors (Lipinski definition) is 0. The molecular weight excluding hydrogens is 306 g/mol. The maximum atomic E-state index is 13.3. The molecule has 7 heteroatoms. The number of aromatic nitrogens is 2. The first-order valence-electron chi connectivity index (χ1n) is 7.41. The summed E-state index contributed by atoms with van der Waals surface area (Å²) in [6, 6.07) is 3.06. The number of hydrogen-bond acceptors (Lipinski definition) is 3. The van der Waals surface area contributed by atoms with E-state index in [1.54, 1.807) is 0 Å². The van der Waals surface area contributed by atoms with Crippen molar-refractivity contribution in [3.8, 4) is 5.69 Å². The van der Waals surface area contributed by atoms with E-state index < -0.39 is 22.8 Å². The van der Waals surface area contributed by atoms with Crippen LogP contribution in [0.4, 0.5) is 8.78 Å². The van der Waals surface area contributed by atoms with Crippen LogP contribution in [0.25, 0.3) is 5.69 Å². The van der Waals surface area contributed by atoms with Gasteiger partial charge in [0.15, 0.2) is 11.6 Å². The van der Waals surface area contributed by atoms with Gasteiger partial charge in [0.1, 0.15) is 0 Å². The van der Waals surface area contributed by atoms with Gasteiger partial charge in [-0.2, -0.15) is 0 Å². The summed E-state index contributed by atoms with van der Waals surface area (Å²) in [7, 11) is 0. The topological polar surface area (TPSA) is 53.2 Å². The standard InChI is InChI=1S/C16H16F2N2O3/c17-13-2-1-12(9-14(13)18)20-6-5-19(15(21)16(20)22)10-11-3-7-23-8-4-11/h1-2,5-6,9,11H,3-4,7-8,10H2. The SMILES string of the molecule is O=c1c(=O)n(-c2ccc(F)c(F)c2)ccn1CC1CCOCC1. The van der Waals surface area contributed by atoms with Gasteiger partial charge in [0.05, 0.1) is 5.69 Å². The molecule has 0 unspecified atom stereocenters. The molecule has 1 aliphatic rings. The Morgan fingerprint density at radius 3 is 2.48 bits per heavy atom. The fraction of sp³-hybridized carbons (Fsp3) is 0.375. The molecule has 1 aromatic carbocycles. The molecule has 1 saturated heterocycles. The minimum absolute atomic E-state index is 0.115. The quantitative estimate of drug-likeness (QED) is 0.808. The van der Waals surface area contributed by atoms with Crippen LogP contribution in [0.3, 0.4) is 0 Å². The van der Waals surface area contributed by atoms with Crippen molar-refractivity contribution in [1.29, 1.82) is 0 Å². The molecule has 1 aliphatic heterocycles. The molecule has 0 bridgehead atoms. The van der Waals surface area contributed by atoms with Crippen LogP contribution in [-0.2, 0) is 11.3 Å². The van der Waals surface area contributed by atoms with Crippen molar-refractivity contribution >= 4 is 0 Å². The highest BCUT2D eigenvalue weighted by molar-refractivity contribution is 5.32. The van der Waals surface area contributed by atoms with E-state index in [2.05, 4.69) is 0 Å². The first kappa shape index (κ1) is 15.6. The molecule has 0 saturated carbocycles. The van der Waals surface area contributed by atoms with E-state index in [4.69, 9.17) is 4.74 Å². The molecule has 0 amide bonds. The summed E-state index contributed by atoms with van der Waals surface area (Å²) >= 11 is 0. The Morgan fingerprint density at radius 1 is 1.04 bits per heavy atom. The molecule has 0 spiro atoms. The van der Waals surface area contributed by atoms with Crippen LogP contribution in [0.1, 0.15) is 12.8 Å². The molecule has 5 nitrogen and oxygen atoms in total. The lowest BCUT2D eigenvalue weighted by molar-refractivity contribution is 0.0609. The molecule has 0 aliphatic carbocycles. The van der Waals surface area contributed by atoms with Gasteiger partial charge in [-0.05, 0) is 30.9 Å². The summed E-state index contributed by atoms with van der Waals surface area (Å²) < 4.78 is 33.9. The van der Waals surface area contributed by atoms with Gasteiger partial charge in [-0.25, -0.2) is 8.78 Å². The van der Waals surface area contributed by atoms with Crippen LogP contribution in [0, 0.1) is 17.6 Å². The monoisotopic (exact) mass is 322 g/mol. The van der Waals surface area contributed by atoms with E-state index in [1.165, 1.54) is 23.0 Å². The third kappa shape index (κ3) is 3.24. The van der Waals surface area contributed by atoms with E-state index in [1.807, 2.05) is 0 Å². The Hall–Kier alpha value is -2.28. The summed E-state index contributed by atoms with van der Waals surface area (Å²) in [4.78, 5) is 24.4. The maximum absolute atomic E-state index is 13.3. The summed E-state index contributed by atoms with van der Waals surface area (Å²) in [6.45, 7) is 1.77. The Kier molecular flexibility index (Phi) is 4.38. The van der Waals surface area contributed by atoms with Crippen molar-refractivity contribution < 1.29 is 13.5 Å². The number of nitrogens with zero attached hydrogens (tertiary/aromatic N) is 2. The Bertz CT molecular complexity index is 823. The second-order valence-corrected chi connectivity index (χ2v) is 5.58. The smallest absolute Gasteiger partial charge is 0.320 e. The highest BCUT2D eigenvalue weighted by atomic mass is 19.2. The lowest BCUT2D eigenvalue weighted by Crippen LogP contribution is -2.41. The highest BCUT2D eigenvalue weighted by Crippen LogP contribution is 2.16. The van der Waals surface area contributed by atoms with Crippen LogP contribution in [0.2, 0.25) is 0 Å². The molecule has 0 radical (unpaired) electrons. The van der Waals surface area contributed by atoms with Gasteiger partial charge in [-0.15, -0.1) is 0 Å². The Labute approximate surface area is 130 Å². The molecule has 0 N–H and O–H groups in total. The van der Waals surface area contributed by atoms with Crippen molar-refractivity contribution in [2.45, 2.75) is 19.4 Å². The van der Waals surface area contributed by atoms with Gasteiger partial charge in [0.25, 0.3) is 0 Å². The van der Waals surface area contributed by atoms with E-state index in [-0.39, 0.29) is 5.69 Å². The zero-order valence-corrected chi connectivity index (χ0v) is 12.4. The largest absolute Gasteiger partial charge is 0.381 e. The van der Waals surface area contributed by atoms with Gasteiger partial charge in [-0.3, -0.25) is 14.2 Å². The van der Waals surface area contributed by atoms with Crippen LogP contribution in [-0.4, -0.2) is 22.3 Å². The van der Waals surface area contributed by atoms with Crippen molar-refractivity contribution in [2.75, 3.05) is 13.2 Å². The van der Waals surface area contributed by atoms with E-state index in [0.717, 1.165) is 29.5 Å². The minimum atomic E-state index is -1.07. The first-order valence-corrected chi connectivity index (χ1v) is 7.41. The van der Waals surface area contributed by atoms with Crippen molar-refractivity contribution in [3.63, 3.8) is 0 Å². The normalized spacial score (nSPS) is 15.7. The number of ether oxygens (including phenoxy) is 1. The molecule has 2 heterocycles. The van der Waals surface area contributed by atoms with Gasteiger partial charge >= 0.3 is 11.1 Å². The maximum Gasteiger partial charge on any atom is 0.320 e. The molecule has 122 valence electrons. The predicted octanol–water partition coefficient (Wildman–Crippen LogP) is 1.70. The Morgan fingerprint density at radius 2 is 1.78 bits per heavy atom. The first-order chi connectivity index (χ1) is 11.1. The number of halogens is 2. The molecule has 2 aromatic rings. The van der Waals surface area contributed by atoms with E-state index in [9.17, 15) is 18.4 Å². The van der Waals surface area contributed by atoms with Crippen LogP contribution in [0.5, 0.6) is 0 Å². The third-order valence-electron chi connectivity index (χ3n) is 4.04. The fourth-order valence-electron chi connectivity index (χ4n) is 2.70. The van der Waals surface area contributed by atoms with Crippen molar-refractivity contribution in [1.82, 2.24) is 9.13 Å². The predicted molar refractivity (Wildman–Crippen MR) is 79.8 cm³/mol. The Balaban J connectivity index is 1.92. The number of rotatable bonds is 3. The number of benzene rings is 1. The van der Waals surface area contributed by atoms with E-state index in [0.29, 0.717) is 25.7 Å². The summed E-state index contributed by atoms with van der Waals surface area (Å²) in [5.74, 6) is -1.78. The van der Waals surface area contributed by atoms with Crippen LogP contribution < -0.4 is 11.1 Å². The average Bonchev–Trinajstić information content (AvgIpc) is 2.56. The van der Waals surface area contributed by atoms with Crippen LogP contribution >= 0.6 is 0 Å². The molecule has 3 rings (SSSR count). The minimum Gasteiger partial charge on any atom is -0.381 e. The summed E-state index contributed by atoms with van der Waals surface area (Å²) in [5.41, 5.74) is -1.35. The van der Waals surface area contributed by atoms with Gasteiger partial charge in [0, 0.05) is 38.2 Å². The van der Waals surface area contributed by atoms with Gasteiger partial charge in [-0.1, -0.05) is 0 Å². The zero-order valence-electron chi connectivity index (χ0n) is 12.4. The molecule has 23 heavy (non-hydrogen) atoms. The lowest BCUT2D eigenvalue weighted by Gasteiger charge is -2.22. The molecular formula is C16H16F2N2O3. The molecule has 1 fully saturated rings. The zero-order chi connectivity index (χ0) is 16.4. The lowest BCUT2D eigenvalue weighted by atomic mass is 10.0. The highest BCUT2D eigenvalue weighted by Gasteiger charge is 2.16. The second-order valence-electron chi connectivity index (χ2n) is 5.58. The fourth-order valence-corrected chi connectivity index (χ4v) is 2.70. The van der Waals surface area contributed by atoms with Gasteiger partial charge < -0.3 is 9.30 Å².